The first kappa shape index (κ1) is 14.2. The van der Waals surface area contributed by atoms with Crippen LogP contribution in [0.4, 0.5) is 0 Å². The third kappa shape index (κ3) is 8.80. The highest BCUT2D eigenvalue weighted by Gasteiger charge is 2.06. The normalized spacial score (nSPS) is 13.5. The van der Waals surface area contributed by atoms with Crippen LogP contribution in [0.3, 0.4) is 0 Å². The van der Waals surface area contributed by atoms with Crippen molar-refractivity contribution in [1.82, 2.24) is 0 Å². The maximum Gasteiger partial charge on any atom is 0.0334 e. The molecule has 0 nitrogen and oxygen atoms in total. The van der Waals surface area contributed by atoms with Gasteiger partial charge in [0.1, 0.15) is 0 Å². The number of rotatable bonds is 9. The Morgan fingerprint density at radius 3 is 1.86 bits per heavy atom. The van der Waals surface area contributed by atoms with Crippen LogP contribution in [0.25, 0.3) is 0 Å². The lowest BCUT2D eigenvalue weighted by molar-refractivity contribution is 0.570. The molecule has 0 aromatic rings. The van der Waals surface area contributed by atoms with Crippen molar-refractivity contribution in [2.75, 3.05) is 0 Å². The first-order valence-electron chi connectivity index (χ1n) is 6.68. The molecule has 0 aromatic heterocycles. The maximum atomic E-state index is 2.48. The largest absolute Gasteiger partial charge is 0.0720 e. The fourth-order valence-electron chi connectivity index (χ4n) is 1.76. The number of unbranched alkanes of at least 4 members (excludes halogenated alkanes) is 6. The molecule has 1 unspecified atom stereocenters. The highest BCUT2D eigenvalue weighted by Crippen LogP contribution is 2.19. The van der Waals surface area contributed by atoms with Gasteiger partial charge in [0.15, 0.2) is 0 Å². The Balaban J connectivity index is 3.06. The van der Waals surface area contributed by atoms with Crippen molar-refractivity contribution in [3.05, 3.63) is 0 Å². The molecule has 0 spiro atoms. The molecule has 14 heavy (non-hydrogen) atoms. The first-order valence-corrected chi connectivity index (χ1v) is 9.66. The number of hydrogen-bond acceptors (Lipinski definition) is 0. The van der Waals surface area contributed by atoms with Crippen LogP contribution in [0.5, 0.6) is 0 Å². The van der Waals surface area contributed by atoms with Crippen molar-refractivity contribution in [3.8, 4) is 0 Å². The molecule has 0 saturated heterocycles. The lowest BCUT2D eigenvalue weighted by Gasteiger charge is -2.13. The minimum Gasteiger partial charge on any atom is -0.0720 e. The standard InChI is InChI=1S/C13H30Si/c1-5-6-7-8-9-10-11-12-13(2)14(3)4/h13-14H,5-12H2,1-4H3. The van der Waals surface area contributed by atoms with E-state index >= 15 is 0 Å². The second-order valence-electron chi connectivity index (χ2n) is 5.13. The van der Waals surface area contributed by atoms with Crippen molar-refractivity contribution in [2.24, 2.45) is 0 Å². The molecule has 86 valence electrons. The Morgan fingerprint density at radius 2 is 1.36 bits per heavy atom. The predicted molar refractivity (Wildman–Crippen MR) is 70.9 cm³/mol. The molecule has 0 N–H and O–H groups in total. The summed E-state index contributed by atoms with van der Waals surface area (Å²) in [6, 6.07) is 0. The van der Waals surface area contributed by atoms with E-state index in [2.05, 4.69) is 26.9 Å². The molecule has 0 fully saturated rings. The van der Waals surface area contributed by atoms with Crippen molar-refractivity contribution >= 4 is 8.80 Å². The Hall–Kier alpha value is 0.217. The summed E-state index contributed by atoms with van der Waals surface area (Å²) in [6.45, 7) is 9.70. The van der Waals surface area contributed by atoms with Gasteiger partial charge in [-0.05, 0) is 0 Å². The molecule has 1 heteroatoms. The van der Waals surface area contributed by atoms with E-state index in [-0.39, 0.29) is 8.80 Å². The van der Waals surface area contributed by atoms with Gasteiger partial charge in [0.05, 0.1) is 0 Å². The molecular formula is C13H30Si. The smallest absolute Gasteiger partial charge is 0.0334 e. The minimum atomic E-state index is -0.335. The summed E-state index contributed by atoms with van der Waals surface area (Å²) in [7, 11) is -0.335. The second kappa shape index (κ2) is 9.76. The van der Waals surface area contributed by atoms with Crippen molar-refractivity contribution in [1.29, 1.82) is 0 Å². The monoisotopic (exact) mass is 214 g/mol. The zero-order chi connectivity index (χ0) is 10.8. The molecule has 0 aliphatic heterocycles. The van der Waals surface area contributed by atoms with Gasteiger partial charge in [0.25, 0.3) is 0 Å². The van der Waals surface area contributed by atoms with E-state index in [4.69, 9.17) is 0 Å². The zero-order valence-corrected chi connectivity index (χ0v) is 12.0. The van der Waals surface area contributed by atoms with E-state index in [1.165, 1.54) is 51.4 Å². The summed E-state index contributed by atoms with van der Waals surface area (Å²) < 4.78 is 0. The molecule has 0 aliphatic rings. The fourth-order valence-corrected chi connectivity index (χ4v) is 2.66. The van der Waals surface area contributed by atoms with Gasteiger partial charge >= 0.3 is 0 Å². The molecule has 0 aromatic carbocycles. The average Bonchev–Trinajstić information content (AvgIpc) is 2.16. The van der Waals surface area contributed by atoms with Crippen LogP contribution in [0.1, 0.15) is 65.2 Å². The first-order chi connectivity index (χ1) is 6.68. The summed E-state index contributed by atoms with van der Waals surface area (Å²) in [5.74, 6) is 0. The zero-order valence-electron chi connectivity index (χ0n) is 10.8. The lowest BCUT2D eigenvalue weighted by Crippen LogP contribution is -2.08. The van der Waals surface area contributed by atoms with Crippen LogP contribution in [-0.2, 0) is 0 Å². The lowest BCUT2D eigenvalue weighted by atomic mass is 10.1. The van der Waals surface area contributed by atoms with Crippen LogP contribution >= 0.6 is 0 Å². The van der Waals surface area contributed by atoms with Gasteiger partial charge in [-0.25, -0.2) is 0 Å². The van der Waals surface area contributed by atoms with E-state index in [1.54, 1.807) is 0 Å². The van der Waals surface area contributed by atoms with E-state index in [0.29, 0.717) is 0 Å². The summed E-state index contributed by atoms with van der Waals surface area (Å²) in [6.07, 6.45) is 11.7. The summed E-state index contributed by atoms with van der Waals surface area (Å²) in [5.41, 5.74) is 1.06. The molecule has 0 heterocycles. The fraction of sp³-hybridized carbons (Fsp3) is 1.00. The van der Waals surface area contributed by atoms with Gasteiger partial charge in [-0.1, -0.05) is 83.8 Å². The average molecular weight is 214 g/mol. The Kier molecular flexibility index (Phi) is 9.91. The van der Waals surface area contributed by atoms with E-state index < -0.39 is 0 Å². The quantitative estimate of drug-likeness (QED) is 0.374. The van der Waals surface area contributed by atoms with E-state index in [0.717, 1.165) is 5.54 Å². The maximum absolute atomic E-state index is 2.48. The molecule has 0 bridgehead atoms. The van der Waals surface area contributed by atoms with Crippen LogP contribution in [0.15, 0.2) is 0 Å². The van der Waals surface area contributed by atoms with Gasteiger partial charge in [-0.2, -0.15) is 0 Å². The third-order valence-electron chi connectivity index (χ3n) is 3.40. The van der Waals surface area contributed by atoms with E-state index in [1.807, 2.05) is 0 Å². The van der Waals surface area contributed by atoms with Crippen molar-refractivity contribution < 1.29 is 0 Å². The Morgan fingerprint density at radius 1 is 0.857 bits per heavy atom. The molecule has 0 amide bonds. The Bertz CT molecular complexity index is 110. The summed E-state index contributed by atoms with van der Waals surface area (Å²) >= 11 is 0. The molecule has 0 aliphatic carbocycles. The topological polar surface area (TPSA) is 0 Å². The van der Waals surface area contributed by atoms with Gasteiger partial charge < -0.3 is 0 Å². The van der Waals surface area contributed by atoms with Gasteiger partial charge in [-0.3, -0.25) is 0 Å². The molecule has 0 rings (SSSR count). The second-order valence-corrected chi connectivity index (χ2v) is 8.76. The van der Waals surface area contributed by atoms with Crippen molar-refractivity contribution in [2.45, 2.75) is 83.8 Å². The molecule has 0 radical (unpaired) electrons. The summed E-state index contributed by atoms with van der Waals surface area (Å²) in [4.78, 5) is 0. The number of hydrogen-bond donors (Lipinski definition) is 0. The molecule has 0 saturated carbocycles. The van der Waals surface area contributed by atoms with Crippen LogP contribution in [-0.4, -0.2) is 8.80 Å². The highest BCUT2D eigenvalue weighted by atomic mass is 28.3. The summed E-state index contributed by atoms with van der Waals surface area (Å²) in [5, 5.41) is 0. The molecule has 1 atom stereocenters. The van der Waals surface area contributed by atoms with Crippen molar-refractivity contribution in [3.63, 3.8) is 0 Å². The van der Waals surface area contributed by atoms with Crippen LogP contribution < -0.4 is 0 Å². The Labute approximate surface area is 93.1 Å². The third-order valence-corrected chi connectivity index (χ3v) is 6.01. The van der Waals surface area contributed by atoms with Crippen LogP contribution in [0.2, 0.25) is 18.6 Å². The van der Waals surface area contributed by atoms with Gasteiger partial charge in [0.2, 0.25) is 0 Å². The minimum absolute atomic E-state index is 0.335. The van der Waals surface area contributed by atoms with Crippen LogP contribution in [0, 0.1) is 0 Å². The molecular weight excluding hydrogens is 184 g/mol. The van der Waals surface area contributed by atoms with Gasteiger partial charge in [0, 0.05) is 8.80 Å². The predicted octanol–water partition coefficient (Wildman–Crippen LogP) is 5.00. The highest BCUT2D eigenvalue weighted by molar-refractivity contribution is 6.57. The van der Waals surface area contributed by atoms with Gasteiger partial charge in [-0.15, -0.1) is 0 Å². The van der Waals surface area contributed by atoms with E-state index in [9.17, 15) is 0 Å². The SMILES string of the molecule is CCCCCCCCCC(C)[SiH](C)C.